The maximum absolute atomic E-state index is 11.5. The Bertz CT molecular complexity index is 276. The van der Waals surface area contributed by atoms with Crippen molar-refractivity contribution in [3.8, 4) is 0 Å². The zero-order chi connectivity index (χ0) is 11.3. The molecule has 0 aromatic carbocycles. The van der Waals surface area contributed by atoms with Crippen LogP contribution in [0, 0.1) is 0 Å². The fraction of sp³-hybridized carbons (Fsp3) is 1.00. The molecule has 1 aliphatic carbocycles. The van der Waals surface area contributed by atoms with Gasteiger partial charge in [-0.05, 0) is 25.7 Å². The van der Waals surface area contributed by atoms with Crippen molar-refractivity contribution < 1.29 is 13.2 Å². The van der Waals surface area contributed by atoms with Gasteiger partial charge < -0.3 is 10.5 Å². The average Bonchev–Trinajstić information content (AvgIpc) is 2.18. The van der Waals surface area contributed by atoms with Gasteiger partial charge in [0.2, 0.25) is 10.0 Å². The number of halogens is 1. The Hall–Kier alpha value is 0.120. The van der Waals surface area contributed by atoms with E-state index in [2.05, 4.69) is 4.72 Å². The average molecular weight is 273 g/mol. The minimum atomic E-state index is -3.18. The van der Waals surface area contributed by atoms with Crippen molar-refractivity contribution >= 4 is 22.4 Å². The van der Waals surface area contributed by atoms with Gasteiger partial charge >= 0.3 is 0 Å². The summed E-state index contributed by atoms with van der Waals surface area (Å²) in [6, 6.07) is 0.302. The maximum Gasteiger partial charge on any atom is 0.214 e. The molecule has 7 heteroatoms. The quantitative estimate of drug-likeness (QED) is 0.751. The van der Waals surface area contributed by atoms with Crippen LogP contribution in [0.3, 0.4) is 0 Å². The van der Waals surface area contributed by atoms with E-state index in [0.29, 0.717) is 0 Å². The second kappa shape index (κ2) is 7.45. The van der Waals surface area contributed by atoms with E-state index < -0.39 is 10.0 Å². The van der Waals surface area contributed by atoms with Crippen molar-refractivity contribution in [1.29, 1.82) is 0 Å². The van der Waals surface area contributed by atoms with Gasteiger partial charge in [0.1, 0.15) is 0 Å². The zero-order valence-corrected chi connectivity index (χ0v) is 11.1. The van der Waals surface area contributed by atoms with Crippen LogP contribution in [0.5, 0.6) is 0 Å². The summed E-state index contributed by atoms with van der Waals surface area (Å²) in [7, 11) is -1.68. The summed E-state index contributed by atoms with van der Waals surface area (Å²) in [5, 5.41) is 0. The third kappa shape index (κ3) is 6.00. The second-order valence-electron chi connectivity index (χ2n) is 4.04. The summed E-state index contributed by atoms with van der Waals surface area (Å²) >= 11 is 0. The lowest BCUT2D eigenvalue weighted by Gasteiger charge is -2.26. The highest BCUT2D eigenvalue weighted by Gasteiger charge is 2.22. The van der Waals surface area contributed by atoms with E-state index >= 15 is 0 Å². The summed E-state index contributed by atoms with van der Waals surface area (Å²) < 4.78 is 30.5. The molecule has 0 radical (unpaired) electrons. The molecule has 1 rings (SSSR count). The molecule has 98 valence electrons. The largest absolute Gasteiger partial charge is 0.384 e. The normalized spacial score (nSPS) is 26.1. The molecule has 0 unspecified atom stereocenters. The van der Waals surface area contributed by atoms with Crippen LogP contribution in [0.2, 0.25) is 0 Å². The summed E-state index contributed by atoms with van der Waals surface area (Å²) in [6.45, 7) is 0.238. The highest BCUT2D eigenvalue weighted by molar-refractivity contribution is 7.89. The van der Waals surface area contributed by atoms with Gasteiger partial charge in [-0.25, -0.2) is 13.1 Å². The lowest BCUT2D eigenvalue weighted by Crippen LogP contribution is -2.41. The van der Waals surface area contributed by atoms with Gasteiger partial charge in [0.25, 0.3) is 0 Å². The number of hydrogen-bond acceptors (Lipinski definition) is 4. The number of methoxy groups -OCH3 is 1. The summed E-state index contributed by atoms with van der Waals surface area (Å²) in [5.41, 5.74) is 5.74. The number of hydrogen-bond donors (Lipinski definition) is 2. The fourth-order valence-corrected chi connectivity index (χ4v) is 2.99. The molecule has 0 amide bonds. The van der Waals surface area contributed by atoms with E-state index in [1.54, 1.807) is 0 Å². The second-order valence-corrected chi connectivity index (χ2v) is 5.91. The van der Waals surface area contributed by atoms with Crippen molar-refractivity contribution in [1.82, 2.24) is 4.72 Å². The van der Waals surface area contributed by atoms with Crippen LogP contribution in [0.25, 0.3) is 0 Å². The van der Waals surface area contributed by atoms with Crippen LogP contribution in [-0.4, -0.2) is 40.0 Å². The predicted molar refractivity (Wildman–Crippen MR) is 66.3 cm³/mol. The van der Waals surface area contributed by atoms with Crippen molar-refractivity contribution in [2.24, 2.45) is 5.73 Å². The molecule has 0 heterocycles. The maximum atomic E-state index is 11.5. The molecule has 0 aliphatic heterocycles. The molecule has 1 saturated carbocycles. The first kappa shape index (κ1) is 16.1. The SMILES string of the molecule is COCCS(=O)(=O)NC1CCC(N)CC1.Cl. The Balaban J connectivity index is 0.00000225. The smallest absolute Gasteiger partial charge is 0.214 e. The van der Waals surface area contributed by atoms with Gasteiger partial charge in [-0.1, -0.05) is 0 Å². The van der Waals surface area contributed by atoms with Gasteiger partial charge in [0.05, 0.1) is 12.4 Å². The lowest BCUT2D eigenvalue weighted by molar-refractivity contribution is 0.216. The Morgan fingerprint density at radius 1 is 1.31 bits per heavy atom. The van der Waals surface area contributed by atoms with Gasteiger partial charge in [-0.3, -0.25) is 0 Å². The van der Waals surface area contributed by atoms with E-state index in [4.69, 9.17) is 10.5 Å². The molecule has 16 heavy (non-hydrogen) atoms. The summed E-state index contributed by atoms with van der Waals surface area (Å²) in [6.07, 6.45) is 3.48. The summed E-state index contributed by atoms with van der Waals surface area (Å²) in [4.78, 5) is 0. The molecular formula is C9H21ClN2O3S. The molecule has 0 spiro atoms. The van der Waals surface area contributed by atoms with Crippen LogP contribution in [-0.2, 0) is 14.8 Å². The molecule has 0 atom stereocenters. The van der Waals surface area contributed by atoms with Crippen molar-refractivity contribution in [2.75, 3.05) is 19.5 Å². The molecular weight excluding hydrogens is 252 g/mol. The van der Waals surface area contributed by atoms with E-state index in [9.17, 15) is 8.42 Å². The zero-order valence-electron chi connectivity index (χ0n) is 9.52. The Labute approximate surface area is 104 Å². The number of sulfonamides is 1. The van der Waals surface area contributed by atoms with E-state index in [1.807, 2.05) is 0 Å². The van der Waals surface area contributed by atoms with E-state index in [1.165, 1.54) is 7.11 Å². The standard InChI is InChI=1S/C9H20N2O3S.ClH/c1-14-6-7-15(12,13)11-9-4-2-8(10)3-5-9;/h8-9,11H,2-7,10H2,1H3;1H. The van der Waals surface area contributed by atoms with Gasteiger partial charge in [0, 0.05) is 19.2 Å². The minimum Gasteiger partial charge on any atom is -0.384 e. The summed E-state index contributed by atoms with van der Waals surface area (Å²) in [5.74, 6) is 0.0338. The molecule has 5 nitrogen and oxygen atoms in total. The number of nitrogens with one attached hydrogen (secondary N) is 1. The first-order valence-corrected chi connectivity index (χ1v) is 6.93. The Kier molecular flexibility index (Phi) is 7.50. The molecule has 0 aromatic heterocycles. The molecule has 1 aliphatic rings. The van der Waals surface area contributed by atoms with Gasteiger partial charge in [-0.2, -0.15) is 0 Å². The Morgan fingerprint density at radius 3 is 2.38 bits per heavy atom. The van der Waals surface area contributed by atoms with Crippen LogP contribution in [0.1, 0.15) is 25.7 Å². The van der Waals surface area contributed by atoms with Crippen LogP contribution in [0.15, 0.2) is 0 Å². The van der Waals surface area contributed by atoms with Crippen molar-refractivity contribution in [3.63, 3.8) is 0 Å². The third-order valence-electron chi connectivity index (χ3n) is 2.67. The van der Waals surface area contributed by atoms with E-state index in [0.717, 1.165) is 25.7 Å². The van der Waals surface area contributed by atoms with Crippen LogP contribution < -0.4 is 10.5 Å². The first-order chi connectivity index (χ1) is 7.03. The topological polar surface area (TPSA) is 81.4 Å². The first-order valence-electron chi connectivity index (χ1n) is 5.28. The van der Waals surface area contributed by atoms with Gasteiger partial charge in [-0.15, -0.1) is 12.4 Å². The highest BCUT2D eigenvalue weighted by Crippen LogP contribution is 2.17. The number of nitrogens with two attached hydrogens (primary N) is 1. The third-order valence-corrected chi connectivity index (χ3v) is 4.07. The minimum absolute atomic E-state index is 0. The predicted octanol–water partition coefficient (Wildman–Crippen LogP) is 0.244. The molecule has 0 saturated heterocycles. The fourth-order valence-electron chi connectivity index (χ4n) is 1.74. The highest BCUT2D eigenvalue weighted by atomic mass is 35.5. The number of ether oxygens (including phenoxy) is 1. The molecule has 3 N–H and O–H groups in total. The monoisotopic (exact) mass is 272 g/mol. The molecule has 0 aromatic rings. The molecule has 0 bridgehead atoms. The Morgan fingerprint density at radius 2 is 1.88 bits per heavy atom. The van der Waals surface area contributed by atoms with Crippen molar-refractivity contribution in [3.05, 3.63) is 0 Å². The van der Waals surface area contributed by atoms with E-state index in [-0.39, 0.29) is 36.9 Å². The van der Waals surface area contributed by atoms with Crippen LogP contribution in [0.4, 0.5) is 0 Å². The van der Waals surface area contributed by atoms with Crippen molar-refractivity contribution in [2.45, 2.75) is 37.8 Å². The molecule has 1 fully saturated rings. The van der Waals surface area contributed by atoms with Gasteiger partial charge in [0.15, 0.2) is 0 Å². The van der Waals surface area contributed by atoms with Crippen LogP contribution >= 0.6 is 12.4 Å². The lowest BCUT2D eigenvalue weighted by atomic mass is 9.93. The number of rotatable bonds is 5.